The Balaban J connectivity index is 1.78. The fraction of sp³-hybridized carbons (Fsp3) is 0.407. The molecule has 5 heteroatoms. The molecule has 0 saturated carbocycles. The predicted molar refractivity (Wildman–Crippen MR) is 128 cm³/mol. The highest BCUT2D eigenvalue weighted by Crippen LogP contribution is 2.18. The van der Waals surface area contributed by atoms with Gasteiger partial charge in [-0.05, 0) is 73.6 Å². The van der Waals surface area contributed by atoms with Crippen molar-refractivity contribution in [1.29, 1.82) is 0 Å². The summed E-state index contributed by atoms with van der Waals surface area (Å²) < 4.78 is 11.3. The number of hydrogen-bond acceptors (Lipinski definition) is 4. The molecule has 5 nitrogen and oxygen atoms in total. The van der Waals surface area contributed by atoms with E-state index in [0.717, 1.165) is 36.1 Å². The predicted octanol–water partition coefficient (Wildman–Crippen LogP) is 5.35. The van der Waals surface area contributed by atoms with Gasteiger partial charge in [-0.1, -0.05) is 44.2 Å². The second kappa shape index (κ2) is 13.4. The second-order valence-electron chi connectivity index (χ2n) is 8.34. The smallest absolute Gasteiger partial charge is 0.303 e. The van der Waals surface area contributed by atoms with E-state index in [1.807, 2.05) is 55.5 Å². The first-order chi connectivity index (χ1) is 15.3. The lowest BCUT2D eigenvalue weighted by Crippen LogP contribution is -2.25. The summed E-state index contributed by atoms with van der Waals surface area (Å²) in [5.41, 5.74) is 2.80. The van der Waals surface area contributed by atoms with Crippen molar-refractivity contribution in [3.63, 3.8) is 0 Å². The van der Waals surface area contributed by atoms with E-state index in [1.54, 1.807) is 12.1 Å². The number of amides is 1. The summed E-state index contributed by atoms with van der Waals surface area (Å²) in [6.45, 7) is 8.73. The van der Waals surface area contributed by atoms with Crippen LogP contribution in [0.2, 0.25) is 0 Å². The van der Waals surface area contributed by atoms with Crippen molar-refractivity contribution in [2.24, 2.45) is 5.92 Å². The summed E-state index contributed by atoms with van der Waals surface area (Å²) in [4.78, 5) is 23.5. The van der Waals surface area contributed by atoms with E-state index < -0.39 is 0 Å². The quantitative estimate of drug-likeness (QED) is 0.359. The largest absolute Gasteiger partial charge is 0.490 e. The Morgan fingerprint density at radius 1 is 0.969 bits per heavy atom. The van der Waals surface area contributed by atoms with Crippen LogP contribution in [-0.4, -0.2) is 31.1 Å². The zero-order valence-electron chi connectivity index (χ0n) is 19.6. The normalized spacial score (nSPS) is 12.3. The van der Waals surface area contributed by atoms with Crippen LogP contribution in [0.3, 0.4) is 0 Å². The summed E-state index contributed by atoms with van der Waals surface area (Å²) in [6, 6.07) is 17.1. The highest BCUT2D eigenvalue weighted by molar-refractivity contribution is 5.94. The van der Waals surface area contributed by atoms with Crippen LogP contribution in [0.15, 0.2) is 66.2 Å². The van der Waals surface area contributed by atoms with Crippen LogP contribution in [0.5, 0.6) is 5.75 Å². The highest BCUT2D eigenvalue weighted by Gasteiger charge is 2.14. The van der Waals surface area contributed by atoms with E-state index in [9.17, 15) is 9.59 Å². The van der Waals surface area contributed by atoms with Crippen LogP contribution in [0.1, 0.15) is 56.5 Å². The molecule has 1 N–H and O–H groups in total. The maximum atomic E-state index is 12.1. The van der Waals surface area contributed by atoms with Crippen LogP contribution in [-0.2, 0) is 16.0 Å². The van der Waals surface area contributed by atoms with Gasteiger partial charge < -0.3 is 14.8 Å². The summed E-state index contributed by atoms with van der Waals surface area (Å²) in [7, 11) is 0. The summed E-state index contributed by atoms with van der Waals surface area (Å²) >= 11 is 0. The molecule has 0 radical (unpaired) electrons. The van der Waals surface area contributed by atoms with E-state index >= 15 is 0 Å². The average molecular weight is 438 g/mol. The molecule has 2 aromatic rings. The van der Waals surface area contributed by atoms with Gasteiger partial charge in [0.1, 0.15) is 18.5 Å². The topological polar surface area (TPSA) is 64.6 Å². The van der Waals surface area contributed by atoms with Gasteiger partial charge in [0.2, 0.25) is 0 Å². The van der Waals surface area contributed by atoms with E-state index in [4.69, 9.17) is 9.47 Å². The monoisotopic (exact) mass is 437 g/mol. The van der Waals surface area contributed by atoms with E-state index in [0.29, 0.717) is 24.6 Å². The molecule has 0 fully saturated rings. The number of esters is 1. The fourth-order valence-electron chi connectivity index (χ4n) is 3.23. The summed E-state index contributed by atoms with van der Waals surface area (Å²) in [5.74, 6) is 1.01. The number of hydrogen-bond donors (Lipinski definition) is 1. The number of ether oxygens (including phenoxy) is 2. The van der Waals surface area contributed by atoms with Crippen molar-refractivity contribution in [2.45, 2.75) is 53.1 Å². The first kappa shape index (κ1) is 25.2. The van der Waals surface area contributed by atoms with Crippen molar-refractivity contribution in [2.75, 3.05) is 13.2 Å². The molecule has 0 heterocycles. The fourth-order valence-corrected chi connectivity index (χ4v) is 3.23. The number of carbonyl (C=O) groups excluding carboxylic acids is 2. The Kier molecular flexibility index (Phi) is 10.5. The van der Waals surface area contributed by atoms with Crippen LogP contribution in [0, 0.1) is 5.92 Å². The zero-order valence-corrected chi connectivity index (χ0v) is 19.6. The third kappa shape index (κ3) is 9.38. The van der Waals surface area contributed by atoms with Crippen molar-refractivity contribution < 1.29 is 19.1 Å². The number of carbonyl (C=O) groups is 2. The Labute approximate surface area is 191 Å². The first-order valence-electron chi connectivity index (χ1n) is 11.2. The van der Waals surface area contributed by atoms with Gasteiger partial charge in [0.15, 0.2) is 0 Å². The van der Waals surface area contributed by atoms with Gasteiger partial charge in [-0.3, -0.25) is 9.59 Å². The van der Waals surface area contributed by atoms with Crippen LogP contribution in [0.25, 0.3) is 0 Å². The molecule has 0 aliphatic rings. The molecule has 0 aliphatic heterocycles. The van der Waals surface area contributed by atoms with Gasteiger partial charge in [-0.25, -0.2) is 0 Å². The summed E-state index contributed by atoms with van der Waals surface area (Å²) in [6.07, 6.45) is 4.33. The maximum Gasteiger partial charge on any atom is 0.303 e. The van der Waals surface area contributed by atoms with Gasteiger partial charge in [-0.15, -0.1) is 0 Å². The number of rotatable bonds is 12. The van der Waals surface area contributed by atoms with Crippen LogP contribution < -0.4 is 10.1 Å². The lowest BCUT2D eigenvalue weighted by atomic mass is 10.0. The van der Waals surface area contributed by atoms with E-state index in [-0.39, 0.29) is 18.0 Å². The van der Waals surface area contributed by atoms with Crippen LogP contribution in [0.4, 0.5) is 0 Å². The molecule has 2 rings (SSSR count). The van der Waals surface area contributed by atoms with Gasteiger partial charge in [0, 0.05) is 19.0 Å². The molecule has 172 valence electrons. The third-order valence-corrected chi connectivity index (χ3v) is 5.14. The second-order valence-corrected chi connectivity index (χ2v) is 8.34. The summed E-state index contributed by atoms with van der Waals surface area (Å²) in [5, 5.41) is 2.94. The van der Waals surface area contributed by atoms with Crippen molar-refractivity contribution in [3.8, 4) is 5.75 Å². The van der Waals surface area contributed by atoms with E-state index in [2.05, 4.69) is 19.2 Å². The maximum absolute atomic E-state index is 12.1. The molecule has 1 amide bonds. The Bertz CT molecular complexity index is 872. The molecule has 0 saturated heterocycles. The molecule has 0 spiro atoms. The minimum atomic E-state index is -0.261. The Morgan fingerprint density at radius 3 is 2.28 bits per heavy atom. The molecule has 0 bridgehead atoms. The molecule has 2 aromatic carbocycles. The lowest BCUT2D eigenvalue weighted by Gasteiger charge is -2.19. The van der Waals surface area contributed by atoms with Crippen molar-refractivity contribution in [3.05, 3.63) is 77.4 Å². The average Bonchev–Trinajstić information content (AvgIpc) is 2.77. The zero-order chi connectivity index (χ0) is 23.3. The molecule has 1 unspecified atom stereocenters. The van der Waals surface area contributed by atoms with Crippen molar-refractivity contribution >= 4 is 11.9 Å². The SMILES string of the molecule is CC(=O)OC(CCC(C)C)C(C)=CCOc1ccc(CCNC(=O)c2ccccc2)cc1. The highest BCUT2D eigenvalue weighted by atomic mass is 16.5. The van der Waals surface area contributed by atoms with Gasteiger partial charge >= 0.3 is 5.97 Å². The number of benzene rings is 2. The van der Waals surface area contributed by atoms with Crippen molar-refractivity contribution in [1.82, 2.24) is 5.32 Å². The molecule has 32 heavy (non-hydrogen) atoms. The molecular formula is C27H35NO4. The van der Waals surface area contributed by atoms with E-state index in [1.165, 1.54) is 6.92 Å². The minimum absolute atomic E-state index is 0.0619. The van der Waals surface area contributed by atoms with Gasteiger partial charge in [0.05, 0.1) is 0 Å². The lowest BCUT2D eigenvalue weighted by molar-refractivity contribution is -0.145. The Hall–Kier alpha value is -3.08. The van der Waals surface area contributed by atoms with Gasteiger partial charge in [0.25, 0.3) is 5.91 Å². The third-order valence-electron chi connectivity index (χ3n) is 5.14. The molecule has 1 atom stereocenters. The van der Waals surface area contributed by atoms with Gasteiger partial charge in [-0.2, -0.15) is 0 Å². The molecule has 0 aromatic heterocycles. The molecular weight excluding hydrogens is 402 g/mol. The Morgan fingerprint density at radius 2 is 1.66 bits per heavy atom. The molecule has 0 aliphatic carbocycles. The standard InChI is InChI=1S/C27H35NO4/c1-20(2)10-15-26(32-22(4)29)21(3)17-19-31-25-13-11-23(12-14-25)16-18-28-27(30)24-8-6-5-7-9-24/h5-9,11-14,17,20,26H,10,15-16,18-19H2,1-4H3,(H,28,30). The minimum Gasteiger partial charge on any atom is -0.490 e. The first-order valence-corrected chi connectivity index (χ1v) is 11.2. The number of nitrogens with one attached hydrogen (secondary N) is 1. The van der Waals surface area contributed by atoms with Crippen LogP contribution >= 0.6 is 0 Å².